The van der Waals surface area contributed by atoms with Crippen molar-refractivity contribution in [3.63, 3.8) is 0 Å². The van der Waals surface area contributed by atoms with Crippen molar-refractivity contribution in [3.8, 4) is 0 Å². The van der Waals surface area contributed by atoms with Crippen molar-refractivity contribution in [1.82, 2.24) is 5.32 Å². The molecule has 8 heteroatoms. The molecule has 2 amide bonds. The first-order valence-corrected chi connectivity index (χ1v) is 9.76. The molecule has 0 spiro atoms. The molecule has 1 atom stereocenters. The van der Waals surface area contributed by atoms with Crippen molar-refractivity contribution >= 4 is 46.4 Å². The van der Waals surface area contributed by atoms with Gasteiger partial charge in [0.05, 0.1) is 28.4 Å². The number of benzene rings is 2. The zero-order valence-electron chi connectivity index (χ0n) is 15.1. The summed E-state index contributed by atoms with van der Waals surface area (Å²) in [4.78, 5) is 24.3. The monoisotopic (exact) mass is 421 g/mol. The van der Waals surface area contributed by atoms with Crippen LogP contribution in [-0.4, -0.2) is 37.6 Å². The van der Waals surface area contributed by atoms with E-state index in [0.717, 1.165) is 19.4 Å². The Morgan fingerprint density at radius 1 is 1.11 bits per heavy atom. The van der Waals surface area contributed by atoms with Crippen LogP contribution in [0.1, 0.15) is 23.2 Å². The number of hydrogen-bond acceptors (Lipinski definition) is 4. The maximum atomic E-state index is 12.2. The van der Waals surface area contributed by atoms with E-state index in [1.807, 2.05) is 0 Å². The smallest absolute Gasteiger partial charge is 0.251 e. The van der Waals surface area contributed by atoms with Crippen LogP contribution in [-0.2, 0) is 9.53 Å². The van der Waals surface area contributed by atoms with Crippen LogP contribution >= 0.6 is 23.2 Å². The Morgan fingerprint density at radius 2 is 1.89 bits per heavy atom. The van der Waals surface area contributed by atoms with Crippen LogP contribution in [0.4, 0.5) is 11.4 Å². The number of anilines is 2. The summed E-state index contributed by atoms with van der Waals surface area (Å²) in [5.74, 6) is -0.405. The Bertz CT molecular complexity index is 837. The lowest BCUT2D eigenvalue weighted by atomic mass is 10.2. The number of carbonyl (C=O) groups is 2. The SMILES string of the molecule is O=C(CNc1cccc(Cl)c1Cl)Nc1ccc(C(=O)NCC2CCCO2)cc1. The van der Waals surface area contributed by atoms with Crippen molar-refractivity contribution in [2.75, 3.05) is 30.3 Å². The summed E-state index contributed by atoms with van der Waals surface area (Å²) in [6.07, 6.45) is 2.11. The summed E-state index contributed by atoms with van der Waals surface area (Å²) in [6.45, 7) is 1.30. The van der Waals surface area contributed by atoms with E-state index in [-0.39, 0.29) is 24.5 Å². The molecule has 3 N–H and O–H groups in total. The first-order valence-electron chi connectivity index (χ1n) is 9.00. The van der Waals surface area contributed by atoms with Gasteiger partial charge in [0, 0.05) is 24.4 Å². The van der Waals surface area contributed by atoms with Gasteiger partial charge >= 0.3 is 0 Å². The zero-order chi connectivity index (χ0) is 19.9. The zero-order valence-corrected chi connectivity index (χ0v) is 16.6. The van der Waals surface area contributed by atoms with E-state index in [1.54, 1.807) is 42.5 Å². The van der Waals surface area contributed by atoms with Gasteiger partial charge < -0.3 is 20.7 Å². The maximum absolute atomic E-state index is 12.2. The van der Waals surface area contributed by atoms with Crippen LogP contribution in [0.2, 0.25) is 10.0 Å². The van der Waals surface area contributed by atoms with Crippen molar-refractivity contribution in [1.29, 1.82) is 0 Å². The Morgan fingerprint density at radius 3 is 2.61 bits per heavy atom. The van der Waals surface area contributed by atoms with Gasteiger partial charge in [-0.25, -0.2) is 0 Å². The minimum Gasteiger partial charge on any atom is -0.376 e. The van der Waals surface area contributed by atoms with E-state index in [9.17, 15) is 9.59 Å². The molecule has 0 bridgehead atoms. The van der Waals surface area contributed by atoms with Gasteiger partial charge in [-0.1, -0.05) is 29.3 Å². The molecule has 2 aromatic carbocycles. The van der Waals surface area contributed by atoms with E-state index in [4.69, 9.17) is 27.9 Å². The predicted octanol–water partition coefficient (Wildman–Crippen LogP) is 3.95. The van der Waals surface area contributed by atoms with Gasteiger partial charge in [0.15, 0.2) is 0 Å². The van der Waals surface area contributed by atoms with Crippen LogP contribution in [0.15, 0.2) is 42.5 Å². The summed E-state index contributed by atoms with van der Waals surface area (Å²) in [7, 11) is 0. The summed E-state index contributed by atoms with van der Waals surface area (Å²) < 4.78 is 5.49. The third kappa shape index (κ3) is 5.61. The highest BCUT2D eigenvalue weighted by molar-refractivity contribution is 6.43. The molecule has 0 aromatic heterocycles. The lowest BCUT2D eigenvalue weighted by Gasteiger charge is -2.12. The summed E-state index contributed by atoms with van der Waals surface area (Å²) in [5, 5.41) is 9.35. The molecule has 28 heavy (non-hydrogen) atoms. The van der Waals surface area contributed by atoms with Crippen LogP contribution in [0.25, 0.3) is 0 Å². The van der Waals surface area contributed by atoms with Crippen molar-refractivity contribution in [3.05, 3.63) is 58.1 Å². The van der Waals surface area contributed by atoms with Crippen LogP contribution < -0.4 is 16.0 Å². The third-order valence-corrected chi connectivity index (χ3v) is 5.16. The number of ether oxygens (including phenoxy) is 1. The molecular weight excluding hydrogens is 401 g/mol. The molecule has 1 fully saturated rings. The number of amides is 2. The second-order valence-corrected chi connectivity index (χ2v) is 7.21. The topological polar surface area (TPSA) is 79.5 Å². The fourth-order valence-corrected chi connectivity index (χ4v) is 3.21. The van der Waals surface area contributed by atoms with Crippen molar-refractivity contribution in [2.24, 2.45) is 0 Å². The largest absolute Gasteiger partial charge is 0.376 e. The Hall–Kier alpha value is -2.28. The highest BCUT2D eigenvalue weighted by atomic mass is 35.5. The van der Waals surface area contributed by atoms with Crippen molar-refractivity contribution in [2.45, 2.75) is 18.9 Å². The normalized spacial score (nSPS) is 15.9. The first-order chi connectivity index (χ1) is 13.5. The van der Waals surface area contributed by atoms with Crippen LogP contribution in [0.3, 0.4) is 0 Å². The Kier molecular flexibility index (Phi) is 7.14. The molecule has 0 aliphatic carbocycles. The molecular formula is C20H21Cl2N3O3. The molecule has 2 aromatic rings. The van der Waals surface area contributed by atoms with Gasteiger partial charge in [-0.15, -0.1) is 0 Å². The summed E-state index contributed by atoms with van der Waals surface area (Å²) in [5.41, 5.74) is 1.71. The number of halogens is 2. The van der Waals surface area contributed by atoms with Gasteiger partial charge in [-0.3, -0.25) is 9.59 Å². The van der Waals surface area contributed by atoms with Crippen LogP contribution in [0, 0.1) is 0 Å². The second-order valence-electron chi connectivity index (χ2n) is 6.43. The number of nitrogens with one attached hydrogen (secondary N) is 3. The molecule has 0 saturated carbocycles. The van der Waals surface area contributed by atoms with E-state index in [1.165, 1.54) is 0 Å². The van der Waals surface area contributed by atoms with E-state index in [0.29, 0.717) is 33.5 Å². The summed E-state index contributed by atoms with van der Waals surface area (Å²) in [6, 6.07) is 11.9. The molecule has 3 rings (SSSR count). The highest BCUT2D eigenvalue weighted by Crippen LogP contribution is 2.29. The molecule has 1 aliphatic rings. The molecule has 1 unspecified atom stereocenters. The molecule has 6 nitrogen and oxygen atoms in total. The van der Waals surface area contributed by atoms with Crippen LogP contribution in [0.5, 0.6) is 0 Å². The Labute approximate surface area is 173 Å². The molecule has 1 heterocycles. The summed E-state index contributed by atoms with van der Waals surface area (Å²) >= 11 is 12.0. The van der Waals surface area contributed by atoms with Gasteiger partial charge in [0.1, 0.15) is 0 Å². The average Bonchev–Trinajstić information content (AvgIpc) is 3.21. The standard InChI is InChI=1S/C20H21Cl2N3O3/c21-16-4-1-5-17(19(16)22)23-12-18(26)25-14-8-6-13(7-9-14)20(27)24-11-15-3-2-10-28-15/h1,4-9,15,23H,2-3,10-12H2,(H,24,27)(H,25,26). The van der Waals surface area contributed by atoms with Crippen molar-refractivity contribution < 1.29 is 14.3 Å². The average molecular weight is 422 g/mol. The van der Waals surface area contributed by atoms with Gasteiger partial charge in [0.25, 0.3) is 5.91 Å². The molecule has 1 aliphatic heterocycles. The maximum Gasteiger partial charge on any atom is 0.251 e. The number of carbonyl (C=O) groups excluding carboxylic acids is 2. The Balaban J connectivity index is 1.47. The lowest BCUT2D eigenvalue weighted by molar-refractivity contribution is -0.114. The molecule has 1 saturated heterocycles. The molecule has 148 valence electrons. The fourth-order valence-electron chi connectivity index (χ4n) is 2.84. The van der Waals surface area contributed by atoms with E-state index in [2.05, 4.69) is 16.0 Å². The number of rotatable bonds is 7. The predicted molar refractivity (Wildman–Crippen MR) is 111 cm³/mol. The van der Waals surface area contributed by atoms with E-state index >= 15 is 0 Å². The third-order valence-electron chi connectivity index (χ3n) is 4.34. The van der Waals surface area contributed by atoms with Gasteiger partial charge in [0.2, 0.25) is 5.91 Å². The fraction of sp³-hybridized carbons (Fsp3) is 0.300. The highest BCUT2D eigenvalue weighted by Gasteiger charge is 2.16. The van der Waals surface area contributed by atoms with E-state index < -0.39 is 0 Å². The first kappa shape index (κ1) is 20.5. The van der Waals surface area contributed by atoms with Gasteiger partial charge in [-0.2, -0.15) is 0 Å². The molecule has 0 radical (unpaired) electrons. The quantitative estimate of drug-likeness (QED) is 0.631. The minimum atomic E-state index is -0.244. The lowest BCUT2D eigenvalue weighted by Crippen LogP contribution is -2.31. The minimum absolute atomic E-state index is 0.0314. The van der Waals surface area contributed by atoms with Gasteiger partial charge in [-0.05, 0) is 49.2 Å². The number of hydrogen-bond donors (Lipinski definition) is 3. The second kappa shape index (κ2) is 9.78.